The van der Waals surface area contributed by atoms with E-state index in [1.807, 2.05) is 6.92 Å². The molecule has 0 saturated heterocycles. The van der Waals surface area contributed by atoms with Crippen molar-refractivity contribution in [2.45, 2.75) is 13.1 Å². The van der Waals surface area contributed by atoms with Gasteiger partial charge in [0.15, 0.2) is 5.82 Å². The van der Waals surface area contributed by atoms with Crippen LogP contribution < -0.4 is 5.56 Å². The summed E-state index contributed by atoms with van der Waals surface area (Å²) in [6, 6.07) is 6.80. The molecule has 1 heterocycles. The summed E-state index contributed by atoms with van der Waals surface area (Å²) in [7, 11) is 0. The minimum atomic E-state index is -4.80. The first kappa shape index (κ1) is 12.3. The average molecular weight is 255 g/mol. The number of hydrogen-bond acceptors (Lipinski definition) is 3. The number of alkyl halides is 3. The highest BCUT2D eigenvalue weighted by Gasteiger charge is 2.36. The van der Waals surface area contributed by atoms with E-state index in [1.54, 1.807) is 24.3 Å². The van der Waals surface area contributed by atoms with E-state index in [2.05, 4.69) is 15.2 Å². The van der Waals surface area contributed by atoms with Crippen LogP contribution in [0.2, 0.25) is 0 Å². The Hall–Kier alpha value is -2.18. The molecule has 0 saturated carbocycles. The molecule has 0 amide bonds. The summed E-state index contributed by atoms with van der Waals surface area (Å²) in [6.45, 7) is 1.87. The normalized spacial score (nSPS) is 11.6. The maximum atomic E-state index is 12.3. The summed E-state index contributed by atoms with van der Waals surface area (Å²) in [5.41, 5.74) is -1.36. The summed E-state index contributed by atoms with van der Waals surface area (Å²) < 4.78 is 36.9. The van der Waals surface area contributed by atoms with Crippen LogP contribution in [0.3, 0.4) is 0 Å². The van der Waals surface area contributed by atoms with Gasteiger partial charge in [0, 0.05) is 5.56 Å². The molecule has 1 aromatic heterocycles. The van der Waals surface area contributed by atoms with E-state index in [0.717, 1.165) is 5.56 Å². The lowest BCUT2D eigenvalue weighted by molar-refractivity contribution is -0.143. The number of H-pyrrole nitrogens is 1. The topological polar surface area (TPSA) is 58.6 Å². The number of aromatic amines is 1. The maximum Gasteiger partial charge on any atom is 0.440 e. The predicted molar refractivity (Wildman–Crippen MR) is 57.8 cm³/mol. The second-order valence-corrected chi connectivity index (χ2v) is 3.72. The molecule has 2 aromatic rings. The van der Waals surface area contributed by atoms with Crippen LogP contribution in [0, 0.1) is 6.92 Å². The highest BCUT2D eigenvalue weighted by molar-refractivity contribution is 5.54. The van der Waals surface area contributed by atoms with Gasteiger partial charge in [-0.3, -0.25) is 4.79 Å². The molecule has 1 N–H and O–H groups in total. The Morgan fingerprint density at radius 2 is 1.72 bits per heavy atom. The third-order valence-electron chi connectivity index (χ3n) is 2.29. The number of hydrogen-bond donors (Lipinski definition) is 1. The Labute approximate surface area is 99.5 Å². The van der Waals surface area contributed by atoms with Crippen molar-refractivity contribution in [3.63, 3.8) is 0 Å². The highest BCUT2D eigenvalue weighted by atomic mass is 19.4. The molecular formula is C11H8F3N3O. The number of rotatable bonds is 1. The molecule has 0 radical (unpaired) electrons. The van der Waals surface area contributed by atoms with Gasteiger partial charge in [-0.2, -0.15) is 13.2 Å². The van der Waals surface area contributed by atoms with Gasteiger partial charge < -0.3 is 4.98 Å². The van der Waals surface area contributed by atoms with Gasteiger partial charge in [-0.25, -0.2) is 0 Å². The van der Waals surface area contributed by atoms with E-state index in [1.165, 1.54) is 0 Å². The molecule has 4 nitrogen and oxygen atoms in total. The lowest BCUT2D eigenvalue weighted by atomic mass is 10.1. The van der Waals surface area contributed by atoms with E-state index in [-0.39, 0.29) is 5.82 Å². The quantitative estimate of drug-likeness (QED) is 0.849. The summed E-state index contributed by atoms with van der Waals surface area (Å²) in [5.74, 6) is 0.00741. The molecule has 18 heavy (non-hydrogen) atoms. The zero-order valence-electron chi connectivity index (χ0n) is 9.25. The van der Waals surface area contributed by atoms with Crippen molar-refractivity contribution in [1.29, 1.82) is 0 Å². The molecule has 0 aliphatic heterocycles. The zero-order chi connectivity index (χ0) is 13.3. The standard InChI is InChI=1S/C11H8F3N3O/c1-6-2-4-7(5-3-6)9-15-10(18)8(16-17-9)11(12,13)14/h2-5H,1H3,(H,15,17,18). The van der Waals surface area contributed by atoms with Crippen LogP contribution in [-0.4, -0.2) is 15.2 Å². The van der Waals surface area contributed by atoms with Gasteiger partial charge in [0.05, 0.1) is 0 Å². The molecule has 94 valence electrons. The first-order valence-electron chi connectivity index (χ1n) is 4.99. The number of aryl methyl sites for hydroxylation is 1. The van der Waals surface area contributed by atoms with Gasteiger partial charge >= 0.3 is 6.18 Å². The van der Waals surface area contributed by atoms with Gasteiger partial charge in [-0.15, -0.1) is 10.2 Å². The van der Waals surface area contributed by atoms with Gasteiger partial charge in [-0.1, -0.05) is 29.8 Å². The van der Waals surface area contributed by atoms with Crippen LogP contribution >= 0.6 is 0 Å². The van der Waals surface area contributed by atoms with Gasteiger partial charge in [0.2, 0.25) is 5.69 Å². The zero-order valence-corrected chi connectivity index (χ0v) is 9.25. The molecule has 0 aliphatic rings. The molecule has 0 bridgehead atoms. The van der Waals surface area contributed by atoms with E-state index in [4.69, 9.17) is 0 Å². The smallest absolute Gasteiger partial charge is 0.303 e. The monoisotopic (exact) mass is 255 g/mol. The molecule has 0 spiro atoms. The molecule has 0 unspecified atom stereocenters. The molecular weight excluding hydrogens is 247 g/mol. The summed E-state index contributed by atoms with van der Waals surface area (Å²) in [6.07, 6.45) is -4.80. The lowest BCUT2D eigenvalue weighted by Gasteiger charge is -2.05. The highest BCUT2D eigenvalue weighted by Crippen LogP contribution is 2.24. The number of nitrogens with zero attached hydrogens (tertiary/aromatic N) is 2. The third-order valence-corrected chi connectivity index (χ3v) is 2.29. The Morgan fingerprint density at radius 3 is 2.22 bits per heavy atom. The van der Waals surface area contributed by atoms with Crippen molar-refractivity contribution in [3.8, 4) is 11.4 Å². The first-order valence-corrected chi connectivity index (χ1v) is 4.99. The van der Waals surface area contributed by atoms with Crippen molar-refractivity contribution in [2.75, 3.05) is 0 Å². The van der Waals surface area contributed by atoms with Crippen LogP contribution in [0.1, 0.15) is 11.3 Å². The largest absolute Gasteiger partial charge is 0.440 e. The van der Waals surface area contributed by atoms with Crippen molar-refractivity contribution in [2.24, 2.45) is 0 Å². The van der Waals surface area contributed by atoms with Gasteiger partial charge in [0.1, 0.15) is 0 Å². The minimum absolute atomic E-state index is 0.00741. The van der Waals surface area contributed by atoms with Crippen LogP contribution in [-0.2, 0) is 6.18 Å². The second-order valence-electron chi connectivity index (χ2n) is 3.72. The minimum Gasteiger partial charge on any atom is -0.303 e. The van der Waals surface area contributed by atoms with Crippen LogP contribution in [0.15, 0.2) is 29.1 Å². The third kappa shape index (κ3) is 2.39. The molecule has 1 aromatic carbocycles. The summed E-state index contributed by atoms with van der Waals surface area (Å²) in [4.78, 5) is 13.3. The Kier molecular flexibility index (Phi) is 2.90. The van der Waals surface area contributed by atoms with Crippen LogP contribution in [0.25, 0.3) is 11.4 Å². The lowest BCUT2D eigenvalue weighted by Crippen LogP contribution is -2.25. The fourth-order valence-electron chi connectivity index (χ4n) is 1.36. The van der Waals surface area contributed by atoms with E-state index >= 15 is 0 Å². The van der Waals surface area contributed by atoms with Crippen LogP contribution in [0.5, 0.6) is 0 Å². The van der Waals surface area contributed by atoms with Crippen molar-refractivity contribution >= 4 is 0 Å². The second kappa shape index (κ2) is 4.25. The first-order chi connectivity index (χ1) is 8.38. The summed E-state index contributed by atoms with van der Waals surface area (Å²) in [5, 5.41) is 6.31. The number of aromatic nitrogens is 3. The fraction of sp³-hybridized carbons (Fsp3) is 0.182. The predicted octanol–water partition coefficient (Wildman–Crippen LogP) is 2.16. The fourth-order valence-corrected chi connectivity index (χ4v) is 1.36. The van der Waals surface area contributed by atoms with Gasteiger partial charge in [-0.05, 0) is 6.92 Å². The Bertz CT molecular complexity index is 617. The van der Waals surface area contributed by atoms with Crippen molar-refractivity contribution in [1.82, 2.24) is 15.2 Å². The van der Waals surface area contributed by atoms with E-state index in [9.17, 15) is 18.0 Å². The van der Waals surface area contributed by atoms with Crippen molar-refractivity contribution in [3.05, 3.63) is 45.9 Å². The Morgan fingerprint density at radius 1 is 1.11 bits per heavy atom. The van der Waals surface area contributed by atoms with Crippen LogP contribution in [0.4, 0.5) is 13.2 Å². The van der Waals surface area contributed by atoms with Crippen molar-refractivity contribution < 1.29 is 13.2 Å². The molecule has 7 heteroatoms. The molecule has 0 atom stereocenters. The molecule has 0 aliphatic carbocycles. The van der Waals surface area contributed by atoms with E-state index in [0.29, 0.717) is 5.56 Å². The summed E-state index contributed by atoms with van der Waals surface area (Å²) >= 11 is 0. The SMILES string of the molecule is Cc1ccc(-c2nnc(C(F)(F)F)c(=O)[nH]2)cc1. The number of halogens is 3. The number of nitrogens with one attached hydrogen (secondary N) is 1. The molecule has 0 fully saturated rings. The number of benzene rings is 1. The van der Waals surface area contributed by atoms with E-state index < -0.39 is 17.4 Å². The Balaban J connectivity index is 2.47. The maximum absolute atomic E-state index is 12.3. The average Bonchev–Trinajstić information content (AvgIpc) is 2.28. The van der Waals surface area contributed by atoms with Gasteiger partial charge in [0.25, 0.3) is 5.56 Å². The molecule has 2 rings (SSSR count).